The summed E-state index contributed by atoms with van der Waals surface area (Å²) in [6, 6.07) is 19.6. The monoisotopic (exact) mass is 486 g/mol. The van der Waals surface area contributed by atoms with Crippen LogP contribution in [0.25, 0.3) is 0 Å². The SMILES string of the molecule is Cc1cccc(C)c1NC(=O)CC1SC(=Nc2ccc(C(C)C)cc2)N(Cc2ccccn2)C1=O. The van der Waals surface area contributed by atoms with Crippen molar-refractivity contribution in [2.75, 3.05) is 5.32 Å². The molecule has 1 unspecified atom stereocenters. The molecule has 1 aliphatic heterocycles. The van der Waals surface area contributed by atoms with Crippen molar-refractivity contribution in [3.05, 3.63) is 89.2 Å². The first-order valence-electron chi connectivity index (χ1n) is 11.7. The molecule has 1 aliphatic rings. The van der Waals surface area contributed by atoms with E-state index in [9.17, 15) is 9.59 Å². The molecule has 2 amide bonds. The lowest BCUT2D eigenvalue weighted by Crippen LogP contribution is -2.33. The van der Waals surface area contributed by atoms with Gasteiger partial charge in [-0.2, -0.15) is 0 Å². The number of rotatable bonds is 7. The number of para-hydroxylation sites is 1. The first kappa shape index (κ1) is 24.7. The molecule has 6 nitrogen and oxygen atoms in total. The number of aryl methyl sites for hydroxylation is 2. The highest BCUT2D eigenvalue weighted by Crippen LogP contribution is 2.33. The van der Waals surface area contributed by atoms with Crippen molar-refractivity contribution >= 4 is 40.1 Å². The van der Waals surface area contributed by atoms with E-state index < -0.39 is 5.25 Å². The molecule has 0 radical (unpaired) electrons. The molecule has 2 aromatic carbocycles. The fraction of sp³-hybridized carbons (Fsp3) is 0.286. The van der Waals surface area contributed by atoms with Gasteiger partial charge in [-0.3, -0.25) is 19.5 Å². The highest BCUT2D eigenvalue weighted by atomic mass is 32.2. The highest BCUT2D eigenvalue weighted by molar-refractivity contribution is 8.15. The van der Waals surface area contributed by atoms with Crippen LogP contribution in [0.4, 0.5) is 11.4 Å². The van der Waals surface area contributed by atoms with Crippen molar-refractivity contribution < 1.29 is 9.59 Å². The number of benzene rings is 2. The van der Waals surface area contributed by atoms with Crippen LogP contribution < -0.4 is 5.32 Å². The van der Waals surface area contributed by atoms with E-state index in [0.717, 1.165) is 28.2 Å². The first-order chi connectivity index (χ1) is 16.8. The highest BCUT2D eigenvalue weighted by Gasteiger charge is 2.39. The Morgan fingerprint density at radius 1 is 1.06 bits per heavy atom. The summed E-state index contributed by atoms with van der Waals surface area (Å²) in [5.74, 6) is 0.114. The second kappa shape index (κ2) is 10.9. The quantitative estimate of drug-likeness (QED) is 0.446. The normalized spacial score (nSPS) is 16.8. The van der Waals surface area contributed by atoms with Crippen LogP contribution in [0, 0.1) is 13.8 Å². The fourth-order valence-electron chi connectivity index (χ4n) is 3.94. The maximum absolute atomic E-state index is 13.4. The number of amides is 2. The van der Waals surface area contributed by atoms with Crippen molar-refractivity contribution in [3.8, 4) is 0 Å². The molecule has 3 aromatic rings. The number of carbonyl (C=O) groups excluding carboxylic acids is 2. The van der Waals surface area contributed by atoms with Gasteiger partial charge in [0.25, 0.3) is 0 Å². The maximum Gasteiger partial charge on any atom is 0.243 e. The van der Waals surface area contributed by atoms with Crippen molar-refractivity contribution in [1.82, 2.24) is 9.88 Å². The number of nitrogens with one attached hydrogen (secondary N) is 1. The van der Waals surface area contributed by atoms with E-state index in [1.54, 1.807) is 11.1 Å². The average molecular weight is 487 g/mol. The van der Waals surface area contributed by atoms with E-state index in [1.165, 1.54) is 17.3 Å². The molecular weight excluding hydrogens is 456 g/mol. The minimum atomic E-state index is -0.545. The molecule has 180 valence electrons. The van der Waals surface area contributed by atoms with E-state index in [4.69, 9.17) is 4.99 Å². The van der Waals surface area contributed by atoms with E-state index in [0.29, 0.717) is 17.6 Å². The predicted molar refractivity (Wildman–Crippen MR) is 143 cm³/mol. The predicted octanol–water partition coefficient (Wildman–Crippen LogP) is 5.98. The second-order valence-corrected chi connectivity index (χ2v) is 10.2. The number of aromatic nitrogens is 1. The van der Waals surface area contributed by atoms with Gasteiger partial charge in [0, 0.05) is 18.3 Å². The lowest BCUT2D eigenvalue weighted by Gasteiger charge is -2.16. The van der Waals surface area contributed by atoms with Crippen LogP contribution in [0.1, 0.15) is 48.6 Å². The third kappa shape index (κ3) is 5.98. The number of aliphatic imine (C=N–C) groups is 1. The third-order valence-corrected chi connectivity index (χ3v) is 7.14. The molecule has 0 saturated carbocycles. The molecule has 0 aliphatic carbocycles. The van der Waals surface area contributed by atoms with Gasteiger partial charge in [0.05, 0.1) is 17.9 Å². The lowest BCUT2D eigenvalue weighted by molar-refractivity contribution is -0.128. The van der Waals surface area contributed by atoms with Gasteiger partial charge in [-0.1, -0.05) is 62.0 Å². The molecule has 0 spiro atoms. The van der Waals surface area contributed by atoms with Gasteiger partial charge in [-0.15, -0.1) is 0 Å². The number of hydrogen-bond acceptors (Lipinski definition) is 5. The minimum absolute atomic E-state index is 0.0707. The van der Waals surface area contributed by atoms with Crippen LogP contribution in [0.3, 0.4) is 0 Å². The van der Waals surface area contributed by atoms with E-state index in [-0.39, 0.29) is 18.2 Å². The molecule has 1 aromatic heterocycles. The smallest absolute Gasteiger partial charge is 0.243 e. The standard InChI is InChI=1S/C28H30N4O2S/c1-18(2)21-11-13-22(14-12-21)30-28-32(17-23-10-5-6-15-29-23)27(34)24(35-28)16-25(33)31-26-19(3)8-7-9-20(26)4/h5-15,18,24H,16-17H2,1-4H3,(H,31,33). The van der Waals surface area contributed by atoms with E-state index in [2.05, 4.69) is 36.3 Å². The van der Waals surface area contributed by atoms with Crippen LogP contribution in [0.2, 0.25) is 0 Å². The van der Waals surface area contributed by atoms with Crippen LogP contribution in [0.5, 0.6) is 0 Å². The Labute approximate surface area is 210 Å². The number of pyridine rings is 1. The summed E-state index contributed by atoms with van der Waals surface area (Å²) in [5, 5.41) is 3.04. The van der Waals surface area contributed by atoms with Crippen molar-refractivity contribution in [2.24, 2.45) is 4.99 Å². The van der Waals surface area contributed by atoms with Gasteiger partial charge in [-0.25, -0.2) is 4.99 Å². The summed E-state index contributed by atoms with van der Waals surface area (Å²) in [7, 11) is 0. The van der Waals surface area contributed by atoms with Crippen LogP contribution in [0.15, 0.2) is 71.9 Å². The van der Waals surface area contributed by atoms with Gasteiger partial charge in [0.2, 0.25) is 11.8 Å². The number of carbonyl (C=O) groups is 2. The number of hydrogen-bond donors (Lipinski definition) is 1. The molecule has 1 N–H and O–H groups in total. The molecule has 2 heterocycles. The Balaban J connectivity index is 1.56. The topological polar surface area (TPSA) is 74.7 Å². The Morgan fingerprint density at radius 2 is 1.77 bits per heavy atom. The van der Waals surface area contributed by atoms with Crippen LogP contribution in [-0.2, 0) is 16.1 Å². The molecule has 1 fully saturated rings. The number of amidine groups is 1. The van der Waals surface area contributed by atoms with Gasteiger partial charge in [0.15, 0.2) is 5.17 Å². The van der Waals surface area contributed by atoms with Crippen LogP contribution in [-0.4, -0.2) is 32.1 Å². The molecule has 1 atom stereocenters. The largest absolute Gasteiger partial charge is 0.326 e. The number of anilines is 1. The summed E-state index contributed by atoms with van der Waals surface area (Å²) in [6.07, 6.45) is 1.78. The van der Waals surface area contributed by atoms with Crippen molar-refractivity contribution in [3.63, 3.8) is 0 Å². The molecule has 1 saturated heterocycles. The van der Waals surface area contributed by atoms with E-state index in [1.807, 2.05) is 62.4 Å². The van der Waals surface area contributed by atoms with Crippen molar-refractivity contribution in [1.29, 1.82) is 0 Å². The third-order valence-electron chi connectivity index (χ3n) is 5.97. The number of nitrogens with zero attached hydrogens (tertiary/aromatic N) is 3. The molecule has 35 heavy (non-hydrogen) atoms. The second-order valence-electron chi connectivity index (χ2n) is 9.01. The Morgan fingerprint density at radius 3 is 2.40 bits per heavy atom. The zero-order chi connectivity index (χ0) is 24.9. The molecule has 4 rings (SSSR count). The van der Waals surface area contributed by atoms with Gasteiger partial charge < -0.3 is 5.32 Å². The summed E-state index contributed by atoms with van der Waals surface area (Å²) < 4.78 is 0. The molecule has 7 heteroatoms. The zero-order valence-electron chi connectivity index (χ0n) is 20.5. The molecule has 0 bridgehead atoms. The van der Waals surface area contributed by atoms with Crippen molar-refractivity contribution in [2.45, 2.75) is 51.8 Å². The summed E-state index contributed by atoms with van der Waals surface area (Å²) in [6.45, 7) is 8.53. The summed E-state index contributed by atoms with van der Waals surface area (Å²) >= 11 is 1.34. The van der Waals surface area contributed by atoms with Gasteiger partial charge >= 0.3 is 0 Å². The average Bonchev–Trinajstić information content (AvgIpc) is 3.11. The Kier molecular flexibility index (Phi) is 7.66. The van der Waals surface area contributed by atoms with Crippen LogP contribution >= 0.6 is 11.8 Å². The number of thioether (sulfide) groups is 1. The van der Waals surface area contributed by atoms with Gasteiger partial charge in [-0.05, 0) is 60.7 Å². The summed E-state index contributed by atoms with van der Waals surface area (Å²) in [4.78, 5) is 37.1. The minimum Gasteiger partial charge on any atom is -0.326 e. The lowest BCUT2D eigenvalue weighted by atomic mass is 10.0. The van der Waals surface area contributed by atoms with Gasteiger partial charge in [0.1, 0.15) is 5.25 Å². The fourth-order valence-corrected chi connectivity index (χ4v) is 5.10. The van der Waals surface area contributed by atoms with E-state index >= 15 is 0 Å². The Bertz CT molecular complexity index is 1220. The Hall–Kier alpha value is -3.45. The first-order valence-corrected chi connectivity index (χ1v) is 12.6. The maximum atomic E-state index is 13.4. The summed E-state index contributed by atoms with van der Waals surface area (Å²) in [5.41, 5.74) is 5.56. The molecular formula is C28H30N4O2S. The zero-order valence-corrected chi connectivity index (χ0v) is 21.3.